The molecule has 112 valence electrons. The van der Waals surface area contributed by atoms with Crippen molar-refractivity contribution >= 4 is 17.4 Å². The minimum Gasteiger partial charge on any atom is -0.370 e. The van der Waals surface area contributed by atoms with Gasteiger partial charge in [0.25, 0.3) is 0 Å². The van der Waals surface area contributed by atoms with Gasteiger partial charge in [0.05, 0.1) is 5.02 Å². The minimum absolute atomic E-state index is 0.129. The Hall–Kier alpha value is -1.68. The predicted octanol–water partition coefficient (Wildman–Crippen LogP) is 4.24. The molecule has 2 rings (SSSR count). The molecule has 0 radical (unpaired) electrons. The Kier molecular flexibility index (Phi) is 5.51. The fraction of sp³-hybridized carbons (Fsp3) is 0.375. The number of hydrogen-bond donors (Lipinski definition) is 1. The van der Waals surface area contributed by atoms with E-state index in [1.807, 2.05) is 13.0 Å². The molecule has 1 heterocycles. The van der Waals surface area contributed by atoms with Gasteiger partial charge in [-0.25, -0.2) is 14.4 Å². The SMILES string of the molecule is CCCc1cc(NCC)nc(Cc2cccc(Cl)c2F)n1. The number of nitrogens with zero attached hydrogens (tertiary/aromatic N) is 2. The van der Waals surface area contributed by atoms with Gasteiger partial charge in [0.2, 0.25) is 0 Å². The molecule has 0 amide bonds. The van der Waals surface area contributed by atoms with Crippen LogP contribution in [0.5, 0.6) is 0 Å². The van der Waals surface area contributed by atoms with Crippen LogP contribution in [0.2, 0.25) is 5.02 Å². The first-order valence-electron chi connectivity index (χ1n) is 7.17. The number of aryl methyl sites for hydroxylation is 1. The largest absolute Gasteiger partial charge is 0.370 e. The van der Waals surface area contributed by atoms with Gasteiger partial charge in [0.1, 0.15) is 17.5 Å². The summed E-state index contributed by atoms with van der Waals surface area (Å²) in [5.74, 6) is 1.00. The van der Waals surface area contributed by atoms with Gasteiger partial charge in [-0.05, 0) is 25.0 Å². The first-order chi connectivity index (χ1) is 10.1. The van der Waals surface area contributed by atoms with Crippen LogP contribution in [-0.4, -0.2) is 16.5 Å². The van der Waals surface area contributed by atoms with Crippen LogP contribution in [0.1, 0.15) is 37.4 Å². The Balaban J connectivity index is 2.31. The van der Waals surface area contributed by atoms with Crippen molar-refractivity contribution in [2.24, 2.45) is 0 Å². The summed E-state index contributed by atoms with van der Waals surface area (Å²) in [6.07, 6.45) is 2.22. The highest BCUT2D eigenvalue weighted by molar-refractivity contribution is 6.30. The smallest absolute Gasteiger partial charge is 0.145 e. The van der Waals surface area contributed by atoms with E-state index in [0.29, 0.717) is 17.8 Å². The van der Waals surface area contributed by atoms with Gasteiger partial charge >= 0.3 is 0 Å². The van der Waals surface area contributed by atoms with Crippen LogP contribution in [0.3, 0.4) is 0 Å². The van der Waals surface area contributed by atoms with Gasteiger partial charge in [0.15, 0.2) is 0 Å². The third-order valence-corrected chi connectivity index (χ3v) is 3.36. The molecule has 0 saturated carbocycles. The van der Waals surface area contributed by atoms with Crippen molar-refractivity contribution in [3.05, 3.63) is 52.2 Å². The van der Waals surface area contributed by atoms with Crippen molar-refractivity contribution in [3.63, 3.8) is 0 Å². The first kappa shape index (κ1) is 15.7. The summed E-state index contributed by atoms with van der Waals surface area (Å²) in [6.45, 7) is 4.90. The van der Waals surface area contributed by atoms with E-state index in [0.717, 1.165) is 30.9 Å². The molecular formula is C16H19ClFN3. The average Bonchev–Trinajstić information content (AvgIpc) is 2.44. The van der Waals surface area contributed by atoms with E-state index in [2.05, 4.69) is 22.2 Å². The van der Waals surface area contributed by atoms with Gasteiger partial charge in [-0.2, -0.15) is 0 Å². The van der Waals surface area contributed by atoms with Crippen LogP contribution >= 0.6 is 11.6 Å². The molecule has 21 heavy (non-hydrogen) atoms. The zero-order chi connectivity index (χ0) is 15.2. The molecule has 1 N–H and O–H groups in total. The number of aromatic nitrogens is 2. The highest BCUT2D eigenvalue weighted by Crippen LogP contribution is 2.20. The lowest BCUT2D eigenvalue weighted by Crippen LogP contribution is -2.07. The van der Waals surface area contributed by atoms with Crippen molar-refractivity contribution in [1.82, 2.24) is 9.97 Å². The second-order valence-corrected chi connectivity index (χ2v) is 5.24. The van der Waals surface area contributed by atoms with E-state index < -0.39 is 5.82 Å². The van der Waals surface area contributed by atoms with Gasteiger partial charge in [-0.3, -0.25) is 0 Å². The summed E-state index contributed by atoms with van der Waals surface area (Å²) < 4.78 is 14.0. The predicted molar refractivity (Wildman–Crippen MR) is 84.4 cm³/mol. The van der Waals surface area contributed by atoms with Crippen LogP contribution in [-0.2, 0) is 12.8 Å². The monoisotopic (exact) mass is 307 g/mol. The van der Waals surface area contributed by atoms with Crippen molar-refractivity contribution in [2.75, 3.05) is 11.9 Å². The number of hydrogen-bond acceptors (Lipinski definition) is 3. The topological polar surface area (TPSA) is 37.8 Å². The molecule has 0 aliphatic rings. The van der Waals surface area contributed by atoms with Crippen LogP contribution in [0, 0.1) is 5.82 Å². The normalized spacial score (nSPS) is 10.7. The highest BCUT2D eigenvalue weighted by Gasteiger charge is 2.10. The Labute approximate surface area is 129 Å². The summed E-state index contributed by atoms with van der Waals surface area (Å²) in [7, 11) is 0. The summed E-state index contributed by atoms with van der Waals surface area (Å²) >= 11 is 5.81. The molecular weight excluding hydrogens is 289 g/mol. The molecule has 0 fully saturated rings. The van der Waals surface area contributed by atoms with E-state index in [1.54, 1.807) is 18.2 Å². The minimum atomic E-state index is -0.395. The third-order valence-electron chi connectivity index (χ3n) is 3.07. The zero-order valence-corrected chi connectivity index (χ0v) is 13.0. The van der Waals surface area contributed by atoms with Gasteiger partial charge < -0.3 is 5.32 Å². The van der Waals surface area contributed by atoms with Crippen LogP contribution in [0.25, 0.3) is 0 Å². The molecule has 3 nitrogen and oxygen atoms in total. The molecule has 1 aromatic heterocycles. The highest BCUT2D eigenvalue weighted by atomic mass is 35.5. The van der Waals surface area contributed by atoms with Crippen molar-refractivity contribution in [2.45, 2.75) is 33.1 Å². The average molecular weight is 308 g/mol. The maximum atomic E-state index is 14.0. The molecule has 0 bridgehead atoms. The molecule has 1 aromatic carbocycles. The molecule has 0 saturated heterocycles. The van der Waals surface area contributed by atoms with E-state index in [9.17, 15) is 4.39 Å². The van der Waals surface area contributed by atoms with E-state index in [4.69, 9.17) is 11.6 Å². The van der Waals surface area contributed by atoms with E-state index in [-0.39, 0.29) is 5.02 Å². The Morgan fingerprint density at radius 1 is 1.24 bits per heavy atom. The van der Waals surface area contributed by atoms with E-state index >= 15 is 0 Å². The molecule has 0 unspecified atom stereocenters. The second-order valence-electron chi connectivity index (χ2n) is 4.83. The Morgan fingerprint density at radius 3 is 2.76 bits per heavy atom. The van der Waals surface area contributed by atoms with E-state index in [1.165, 1.54) is 0 Å². The lowest BCUT2D eigenvalue weighted by Gasteiger charge is -2.09. The van der Waals surface area contributed by atoms with Gasteiger partial charge in [-0.15, -0.1) is 0 Å². The molecule has 5 heteroatoms. The number of rotatable bonds is 6. The third kappa shape index (κ3) is 4.14. The maximum absolute atomic E-state index is 14.0. The summed E-state index contributed by atoms with van der Waals surface area (Å²) in [5.41, 5.74) is 1.49. The molecule has 0 spiro atoms. The second kappa shape index (κ2) is 7.36. The summed E-state index contributed by atoms with van der Waals surface area (Å²) in [5, 5.41) is 3.32. The summed E-state index contributed by atoms with van der Waals surface area (Å²) in [6, 6.07) is 6.94. The number of anilines is 1. The number of nitrogens with one attached hydrogen (secondary N) is 1. The van der Waals surface area contributed by atoms with Gasteiger partial charge in [-0.1, -0.05) is 37.1 Å². The van der Waals surface area contributed by atoms with Crippen LogP contribution in [0.4, 0.5) is 10.2 Å². The Morgan fingerprint density at radius 2 is 2.05 bits per heavy atom. The first-order valence-corrected chi connectivity index (χ1v) is 7.55. The van der Waals surface area contributed by atoms with Crippen LogP contribution in [0.15, 0.2) is 24.3 Å². The lowest BCUT2D eigenvalue weighted by atomic mass is 10.1. The van der Waals surface area contributed by atoms with Gasteiger partial charge in [0, 0.05) is 24.7 Å². The molecule has 0 atom stereocenters. The molecule has 0 aliphatic heterocycles. The zero-order valence-electron chi connectivity index (χ0n) is 12.3. The quantitative estimate of drug-likeness (QED) is 0.867. The standard InChI is InChI=1S/C16H19ClFN3/c1-3-6-12-10-14(19-4-2)21-15(20-12)9-11-7-5-8-13(17)16(11)18/h5,7-8,10H,3-4,6,9H2,1-2H3,(H,19,20,21). The molecule has 0 aliphatic carbocycles. The van der Waals surface area contributed by atoms with Crippen molar-refractivity contribution in [1.29, 1.82) is 0 Å². The van der Waals surface area contributed by atoms with Crippen molar-refractivity contribution in [3.8, 4) is 0 Å². The maximum Gasteiger partial charge on any atom is 0.145 e. The fourth-order valence-electron chi connectivity index (χ4n) is 2.14. The number of benzene rings is 1. The Bertz CT molecular complexity index is 592. The molecule has 2 aromatic rings. The number of halogens is 2. The van der Waals surface area contributed by atoms with Crippen molar-refractivity contribution < 1.29 is 4.39 Å². The fourth-order valence-corrected chi connectivity index (χ4v) is 2.34. The summed E-state index contributed by atoms with van der Waals surface area (Å²) in [4.78, 5) is 8.95. The lowest BCUT2D eigenvalue weighted by molar-refractivity contribution is 0.612. The van der Waals surface area contributed by atoms with Crippen LogP contribution < -0.4 is 5.32 Å².